The molecule has 8 nitrogen and oxygen atoms in total. The second-order valence-corrected chi connectivity index (χ2v) is 6.80. The molecule has 0 saturated carbocycles. The summed E-state index contributed by atoms with van der Waals surface area (Å²) in [5.74, 6) is 6.11. The third-order valence-corrected chi connectivity index (χ3v) is 4.61. The lowest BCUT2D eigenvalue weighted by Gasteiger charge is -2.15. The summed E-state index contributed by atoms with van der Waals surface area (Å²) in [6.07, 6.45) is 3.52. The first-order valence-corrected chi connectivity index (χ1v) is 9.25. The Balaban J connectivity index is 1.58. The number of anilines is 3. The third-order valence-electron chi connectivity index (χ3n) is 4.61. The van der Waals surface area contributed by atoms with Crippen LogP contribution in [-0.2, 0) is 0 Å². The van der Waals surface area contributed by atoms with Crippen molar-refractivity contribution in [3.63, 3.8) is 0 Å². The summed E-state index contributed by atoms with van der Waals surface area (Å²) in [6, 6.07) is 22.4. The van der Waals surface area contributed by atoms with E-state index in [0.717, 1.165) is 28.2 Å². The van der Waals surface area contributed by atoms with Crippen LogP contribution in [0.25, 0.3) is 22.6 Å². The van der Waals surface area contributed by atoms with Crippen LogP contribution < -0.4 is 28.1 Å². The van der Waals surface area contributed by atoms with Crippen LogP contribution in [0.1, 0.15) is 5.56 Å². The SMILES string of the molecule is N/C(=C\N(N)c1ccc(N)cc1)c1cccc(-c2cn(-c3ccc(N)cc3)nn2)c1. The summed E-state index contributed by atoms with van der Waals surface area (Å²) in [6.45, 7) is 0. The molecule has 0 fully saturated rings. The average Bonchev–Trinajstić information content (AvgIpc) is 3.25. The van der Waals surface area contributed by atoms with Crippen LogP contribution in [0, 0.1) is 0 Å². The minimum atomic E-state index is 0.516. The molecule has 30 heavy (non-hydrogen) atoms. The second kappa shape index (κ2) is 7.98. The van der Waals surface area contributed by atoms with Crippen molar-refractivity contribution in [3.8, 4) is 16.9 Å². The van der Waals surface area contributed by atoms with Gasteiger partial charge in [-0.1, -0.05) is 23.4 Å². The summed E-state index contributed by atoms with van der Waals surface area (Å²) in [5, 5.41) is 9.94. The predicted octanol–water partition coefficient (Wildman–Crippen LogP) is 2.74. The van der Waals surface area contributed by atoms with Crippen molar-refractivity contribution >= 4 is 22.8 Å². The van der Waals surface area contributed by atoms with Gasteiger partial charge in [0.05, 0.1) is 23.3 Å². The minimum absolute atomic E-state index is 0.516. The van der Waals surface area contributed by atoms with Crippen LogP contribution in [-0.4, -0.2) is 15.0 Å². The van der Waals surface area contributed by atoms with Gasteiger partial charge in [-0.15, -0.1) is 5.10 Å². The first kappa shape index (κ1) is 19.0. The van der Waals surface area contributed by atoms with E-state index in [1.54, 1.807) is 23.0 Å². The van der Waals surface area contributed by atoms with Crippen molar-refractivity contribution in [2.75, 3.05) is 16.5 Å². The molecule has 0 spiro atoms. The molecule has 3 aromatic carbocycles. The monoisotopic (exact) mass is 398 g/mol. The minimum Gasteiger partial charge on any atom is -0.399 e. The maximum atomic E-state index is 6.28. The van der Waals surface area contributed by atoms with E-state index in [4.69, 9.17) is 23.0 Å². The third kappa shape index (κ3) is 4.08. The molecule has 0 saturated heterocycles. The Bertz CT molecular complexity index is 1180. The van der Waals surface area contributed by atoms with Crippen molar-refractivity contribution in [1.82, 2.24) is 15.0 Å². The fourth-order valence-electron chi connectivity index (χ4n) is 2.95. The normalized spacial score (nSPS) is 11.4. The molecule has 0 unspecified atom stereocenters. The van der Waals surface area contributed by atoms with Gasteiger partial charge in [0.25, 0.3) is 0 Å². The molecule has 150 valence electrons. The molecule has 4 aromatic rings. The first-order chi connectivity index (χ1) is 14.5. The molecule has 8 N–H and O–H groups in total. The zero-order valence-electron chi connectivity index (χ0n) is 16.2. The lowest BCUT2D eigenvalue weighted by atomic mass is 10.1. The molecule has 0 atom stereocenters. The van der Waals surface area contributed by atoms with Gasteiger partial charge in [-0.2, -0.15) is 0 Å². The van der Waals surface area contributed by atoms with Gasteiger partial charge in [-0.05, 0) is 60.2 Å². The summed E-state index contributed by atoms with van der Waals surface area (Å²) in [7, 11) is 0. The summed E-state index contributed by atoms with van der Waals surface area (Å²) < 4.78 is 1.70. The molecule has 0 radical (unpaired) electrons. The average molecular weight is 398 g/mol. The number of aromatic nitrogens is 3. The summed E-state index contributed by atoms with van der Waals surface area (Å²) >= 11 is 0. The molecule has 8 heteroatoms. The number of nitrogens with zero attached hydrogens (tertiary/aromatic N) is 4. The van der Waals surface area contributed by atoms with E-state index < -0.39 is 0 Å². The Kier molecular flexibility index (Phi) is 5.06. The van der Waals surface area contributed by atoms with Crippen molar-refractivity contribution in [3.05, 3.63) is 90.8 Å². The van der Waals surface area contributed by atoms with E-state index in [9.17, 15) is 0 Å². The summed E-state index contributed by atoms with van der Waals surface area (Å²) in [4.78, 5) is 0. The Hall–Kier alpha value is -4.30. The van der Waals surface area contributed by atoms with Gasteiger partial charge in [0.1, 0.15) is 5.69 Å². The Morgan fingerprint density at radius 1 is 0.900 bits per heavy atom. The van der Waals surface area contributed by atoms with Gasteiger partial charge in [-0.3, -0.25) is 5.01 Å². The quantitative estimate of drug-likeness (QED) is 0.230. The number of benzene rings is 3. The Labute approximate surface area is 174 Å². The second-order valence-electron chi connectivity index (χ2n) is 6.80. The number of nitrogen functional groups attached to an aromatic ring is 2. The van der Waals surface area contributed by atoms with Crippen molar-refractivity contribution < 1.29 is 0 Å². The van der Waals surface area contributed by atoms with Crippen molar-refractivity contribution in [2.45, 2.75) is 0 Å². The highest BCUT2D eigenvalue weighted by Gasteiger charge is 2.08. The molecule has 0 aliphatic rings. The van der Waals surface area contributed by atoms with Gasteiger partial charge in [0.15, 0.2) is 0 Å². The van der Waals surface area contributed by atoms with Gasteiger partial charge in [0.2, 0.25) is 0 Å². The van der Waals surface area contributed by atoms with Crippen LogP contribution in [0.5, 0.6) is 0 Å². The largest absolute Gasteiger partial charge is 0.399 e. The highest BCUT2D eigenvalue weighted by molar-refractivity contribution is 5.71. The number of hydrogen-bond acceptors (Lipinski definition) is 7. The highest BCUT2D eigenvalue weighted by atomic mass is 15.4. The molecule has 0 aliphatic carbocycles. The van der Waals surface area contributed by atoms with E-state index in [2.05, 4.69) is 10.3 Å². The van der Waals surface area contributed by atoms with Crippen molar-refractivity contribution in [1.29, 1.82) is 0 Å². The molecular formula is C22H22N8. The molecule has 1 heterocycles. The Morgan fingerprint density at radius 3 is 2.27 bits per heavy atom. The topological polar surface area (TPSA) is 138 Å². The zero-order valence-corrected chi connectivity index (χ0v) is 16.2. The van der Waals surface area contributed by atoms with E-state index in [1.807, 2.05) is 66.9 Å². The van der Waals surface area contributed by atoms with Gasteiger partial charge in [0, 0.05) is 23.1 Å². The fraction of sp³-hybridized carbons (Fsp3) is 0. The standard InChI is InChI=1S/C22H22N8/c23-17-4-8-19(9-5-17)29(26)13-21(25)15-2-1-3-16(12-15)22-14-30(28-27-22)20-10-6-18(24)7-11-20/h1-14H,23-26H2/b21-13-. The predicted molar refractivity (Wildman–Crippen MR) is 121 cm³/mol. The lowest BCUT2D eigenvalue weighted by molar-refractivity contribution is 0.804. The molecule has 4 rings (SSSR count). The van der Waals surface area contributed by atoms with E-state index in [0.29, 0.717) is 17.1 Å². The lowest BCUT2D eigenvalue weighted by Crippen LogP contribution is -2.25. The van der Waals surface area contributed by atoms with Crippen LogP contribution in [0.3, 0.4) is 0 Å². The first-order valence-electron chi connectivity index (χ1n) is 9.25. The fourth-order valence-corrected chi connectivity index (χ4v) is 2.95. The molecular weight excluding hydrogens is 376 g/mol. The maximum Gasteiger partial charge on any atom is 0.113 e. The van der Waals surface area contributed by atoms with Crippen LogP contribution in [0.15, 0.2) is 85.2 Å². The smallest absolute Gasteiger partial charge is 0.113 e. The zero-order chi connectivity index (χ0) is 21.1. The molecule has 0 aliphatic heterocycles. The van der Waals surface area contributed by atoms with Crippen LogP contribution >= 0.6 is 0 Å². The van der Waals surface area contributed by atoms with Gasteiger partial charge >= 0.3 is 0 Å². The van der Waals surface area contributed by atoms with Crippen LogP contribution in [0.4, 0.5) is 17.1 Å². The maximum absolute atomic E-state index is 6.28. The molecule has 1 aromatic heterocycles. The van der Waals surface area contributed by atoms with Gasteiger partial charge < -0.3 is 17.2 Å². The Morgan fingerprint density at radius 2 is 1.57 bits per heavy atom. The van der Waals surface area contributed by atoms with Crippen molar-refractivity contribution in [2.24, 2.45) is 11.6 Å². The van der Waals surface area contributed by atoms with Gasteiger partial charge in [-0.25, -0.2) is 10.5 Å². The number of nitrogens with two attached hydrogens (primary N) is 4. The number of hydrogen-bond donors (Lipinski definition) is 4. The molecule has 0 bridgehead atoms. The van der Waals surface area contributed by atoms with Crippen LogP contribution in [0.2, 0.25) is 0 Å². The summed E-state index contributed by atoms with van der Waals surface area (Å²) in [5.41, 5.74) is 23.7. The highest BCUT2D eigenvalue weighted by Crippen LogP contribution is 2.22. The van der Waals surface area contributed by atoms with E-state index in [-0.39, 0.29) is 0 Å². The van der Waals surface area contributed by atoms with E-state index in [1.165, 1.54) is 5.01 Å². The number of rotatable bonds is 5. The molecule has 0 amide bonds. The van der Waals surface area contributed by atoms with E-state index >= 15 is 0 Å². The number of hydrazine groups is 1.